The second-order valence-electron chi connectivity index (χ2n) is 14.0. The van der Waals surface area contributed by atoms with Crippen molar-refractivity contribution in [1.82, 2.24) is 0 Å². The van der Waals surface area contributed by atoms with Crippen LogP contribution in [0.1, 0.15) is 119 Å². The molecular weight excluding hydrogens is 364 g/mol. The van der Waals surface area contributed by atoms with Gasteiger partial charge in [0.15, 0.2) is 0 Å². The van der Waals surface area contributed by atoms with Crippen molar-refractivity contribution in [3.63, 3.8) is 0 Å². The van der Waals surface area contributed by atoms with Crippen molar-refractivity contribution in [2.24, 2.45) is 57.2 Å². The van der Waals surface area contributed by atoms with Gasteiger partial charge in [0.05, 0.1) is 6.10 Å². The summed E-state index contributed by atoms with van der Waals surface area (Å²) < 4.78 is 0. The molecule has 0 aliphatic heterocycles. The van der Waals surface area contributed by atoms with Crippen molar-refractivity contribution in [3.8, 4) is 0 Å². The molecule has 0 saturated heterocycles. The Kier molecular flexibility index (Phi) is 5.07. The van der Waals surface area contributed by atoms with Crippen LogP contribution >= 0.6 is 0 Å². The normalized spacial score (nSPS) is 55.4. The minimum atomic E-state index is -0.0261. The van der Waals surface area contributed by atoms with E-state index < -0.39 is 0 Å². The summed E-state index contributed by atoms with van der Waals surface area (Å²) in [4.78, 5) is 0. The van der Waals surface area contributed by atoms with E-state index in [2.05, 4.69) is 41.5 Å². The van der Waals surface area contributed by atoms with Gasteiger partial charge in [0.1, 0.15) is 0 Å². The number of aliphatic hydroxyl groups excluding tert-OH is 1. The van der Waals surface area contributed by atoms with Crippen LogP contribution in [0.3, 0.4) is 0 Å². The topological polar surface area (TPSA) is 20.2 Å². The van der Waals surface area contributed by atoms with Crippen LogP contribution in [0.2, 0.25) is 0 Å². The number of aliphatic hydroxyl groups is 1. The largest absolute Gasteiger partial charge is 0.393 e. The maximum absolute atomic E-state index is 10.6. The number of rotatable bonds is 5. The highest BCUT2D eigenvalue weighted by Gasteiger charge is 2.81. The van der Waals surface area contributed by atoms with E-state index in [1.165, 1.54) is 70.6 Å². The van der Waals surface area contributed by atoms with Crippen molar-refractivity contribution < 1.29 is 5.11 Å². The van der Waals surface area contributed by atoms with Gasteiger partial charge in [-0.2, -0.15) is 0 Å². The molecule has 0 bridgehead atoms. The molecule has 172 valence electrons. The van der Waals surface area contributed by atoms with E-state index in [9.17, 15) is 5.11 Å². The average Bonchev–Trinajstić information content (AvgIpc) is 3.27. The van der Waals surface area contributed by atoms with Crippen LogP contribution in [0.25, 0.3) is 0 Å². The first-order chi connectivity index (χ1) is 14.1. The van der Waals surface area contributed by atoms with Crippen LogP contribution in [-0.2, 0) is 0 Å². The van der Waals surface area contributed by atoms with Gasteiger partial charge in [-0.1, -0.05) is 60.8 Å². The third-order valence-corrected chi connectivity index (χ3v) is 12.9. The van der Waals surface area contributed by atoms with E-state index in [0.717, 1.165) is 36.0 Å². The van der Waals surface area contributed by atoms with Gasteiger partial charge in [-0.15, -0.1) is 0 Å². The lowest BCUT2D eigenvalue weighted by atomic mass is 9.43. The van der Waals surface area contributed by atoms with E-state index >= 15 is 0 Å². The molecule has 5 unspecified atom stereocenters. The van der Waals surface area contributed by atoms with Gasteiger partial charge >= 0.3 is 0 Å². The molecule has 1 heteroatoms. The van der Waals surface area contributed by atoms with Crippen molar-refractivity contribution in [2.45, 2.75) is 125 Å². The Morgan fingerprint density at radius 2 is 1.60 bits per heavy atom. The van der Waals surface area contributed by atoms with Crippen molar-refractivity contribution in [2.75, 3.05) is 0 Å². The summed E-state index contributed by atoms with van der Waals surface area (Å²) >= 11 is 0. The van der Waals surface area contributed by atoms with Crippen LogP contribution < -0.4 is 0 Å². The Morgan fingerprint density at radius 1 is 0.833 bits per heavy atom. The van der Waals surface area contributed by atoms with E-state index in [-0.39, 0.29) is 6.10 Å². The molecular formula is C29H50O. The molecule has 1 nitrogen and oxygen atoms in total. The average molecular weight is 415 g/mol. The molecule has 5 fully saturated rings. The first kappa shape index (κ1) is 21.8. The molecule has 1 N–H and O–H groups in total. The Bertz CT molecular complexity index is 669. The molecule has 0 aromatic carbocycles. The van der Waals surface area contributed by atoms with Gasteiger partial charge in [-0.25, -0.2) is 0 Å². The van der Waals surface area contributed by atoms with Crippen molar-refractivity contribution in [1.29, 1.82) is 0 Å². The molecule has 30 heavy (non-hydrogen) atoms. The molecule has 2 spiro atoms. The maximum atomic E-state index is 10.6. The number of hydrogen-bond acceptors (Lipinski definition) is 1. The summed E-state index contributed by atoms with van der Waals surface area (Å²) in [5.41, 5.74) is 2.42. The van der Waals surface area contributed by atoms with Gasteiger partial charge in [-0.05, 0) is 115 Å². The minimum absolute atomic E-state index is 0.0261. The van der Waals surface area contributed by atoms with Crippen LogP contribution in [0.4, 0.5) is 0 Å². The van der Waals surface area contributed by atoms with Gasteiger partial charge < -0.3 is 5.11 Å². The zero-order chi connectivity index (χ0) is 21.5. The predicted octanol–water partition coefficient (Wildman–Crippen LogP) is 7.86. The SMILES string of the molecule is CC(C)CCCC(C)C1CCC2(C)[C@@H]3CCC4C(C)[C@@H](O)CC[C@@]45C[C@@]35CC[C@]12C. The standard InChI is InChI=1S/C29H50O/c1-19(2)8-7-9-20(3)22-12-14-27(6)25-11-10-23-21(4)24(30)13-15-28(23)18-29(25,28)17-16-26(22,27)5/h19-25,30H,7-18H2,1-6H3/t20?,21?,22?,23?,24-,25-,26+,27?,28+,29-/m0/s1. The van der Waals surface area contributed by atoms with E-state index in [0.29, 0.717) is 27.6 Å². The predicted molar refractivity (Wildman–Crippen MR) is 126 cm³/mol. The summed E-state index contributed by atoms with van der Waals surface area (Å²) in [7, 11) is 0. The van der Waals surface area contributed by atoms with Gasteiger partial charge in [0.25, 0.3) is 0 Å². The summed E-state index contributed by atoms with van der Waals surface area (Å²) in [5, 5.41) is 10.6. The fraction of sp³-hybridized carbons (Fsp3) is 1.00. The van der Waals surface area contributed by atoms with Crippen molar-refractivity contribution >= 4 is 0 Å². The number of fused-ring (bicyclic) bond motifs is 2. The highest BCUT2D eigenvalue weighted by molar-refractivity contribution is 5.29. The van der Waals surface area contributed by atoms with Crippen molar-refractivity contribution in [3.05, 3.63) is 0 Å². The summed E-state index contributed by atoms with van der Waals surface area (Å²) in [5.74, 6) is 5.03. The first-order valence-corrected chi connectivity index (χ1v) is 13.8. The molecule has 0 aromatic rings. The van der Waals surface area contributed by atoms with E-state index in [1.54, 1.807) is 0 Å². The highest BCUT2D eigenvalue weighted by atomic mass is 16.3. The number of hydrogen-bond donors (Lipinski definition) is 1. The maximum Gasteiger partial charge on any atom is 0.0568 e. The van der Waals surface area contributed by atoms with Crippen LogP contribution in [0.15, 0.2) is 0 Å². The van der Waals surface area contributed by atoms with Gasteiger partial charge in [0, 0.05) is 0 Å². The van der Waals surface area contributed by atoms with Crippen LogP contribution in [0.5, 0.6) is 0 Å². The van der Waals surface area contributed by atoms with Crippen LogP contribution in [0, 0.1) is 57.2 Å². The fourth-order valence-corrected chi connectivity index (χ4v) is 11.0. The molecule has 5 saturated carbocycles. The molecule has 0 amide bonds. The second kappa shape index (κ2) is 6.98. The zero-order valence-electron chi connectivity index (χ0n) is 21.0. The smallest absolute Gasteiger partial charge is 0.0568 e. The third kappa shape index (κ3) is 2.63. The third-order valence-electron chi connectivity index (χ3n) is 12.9. The highest BCUT2D eigenvalue weighted by Crippen LogP contribution is 2.88. The lowest BCUT2D eigenvalue weighted by Crippen LogP contribution is -2.55. The Hall–Kier alpha value is -0.0400. The molecule has 5 rings (SSSR count). The minimum Gasteiger partial charge on any atom is -0.393 e. The lowest BCUT2D eigenvalue weighted by molar-refractivity contribution is -0.142. The fourth-order valence-electron chi connectivity index (χ4n) is 11.0. The van der Waals surface area contributed by atoms with Gasteiger partial charge in [0.2, 0.25) is 0 Å². The first-order valence-electron chi connectivity index (χ1n) is 13.8. The molecule has 5 aliphatic carbocycles. The molecule has 5 aliphatic rings. The summed E-state index contributed by atoms with van der Waals surface area (Å²) in [6.07, 6.45) is 17.1. The lowest BCUT2D eigenvalue weighted by Gasteiger charge is -2.62. The Morgan fingerprint density at radius 3 is 2.33 bits per heavy atom. The summed E-state index contributed by atoms with van der Waals surface area (Å²) in [6, 6.07) is 0. The Labute approximate surface area is 187 Å². The molecule has 0 aromatic heterocycles. The second-order valence-corrected chi connectivity index (χ2v) is 14.0. The zero-order valence-corrected chi connectivity index (χ0v) is 21.0. The van der Waals surface area contributed by atoms with Crippen LogP contribution in [-0.4, -0.2) is 11.2 Å². The molecule has 0 radical (unpaired) electrons. The quantitative estimate of drug-likeness (QED) is 0.485. The Balaban J connectivity index is 1.37. The molecule has 0 heterocycles. The van der Waals surface area contributed by atoms with E-state index in [4.69, 9.17) is 0 Å². The summed E-state index contributed by atoms with van der Waals surface area (Å²) in [6.45, 7) is 15.2. The van der Waals surface area contributed by atoms with E-state index in [1.807, 2.05) is 0 Å². The molecule has 10 atom stereocenters. The monoisotopic (exact) mass is 414 g/mol. The van der Waals surface area contributed by atoms with Gasteiger partial charge in [-0.3, -0.25) is 0 Å².